The first-order valence-corrected chi connectivity index (χ1v) is 9.80. The molecule has 1 aromatic heterocycles. The average Bonchev–Trinajstić information content (AvgIpc) is 3.18. The molecule has 0 fully saturated rings. The number of nitrogens with zero attached hydrogens (tertiary/aromatic N) is 2. The third kappa shape index (κ3) is 6.48. The van der Waals surface area contributed by atoms with Crippen LogP contribution in [0, 0.1) is 0 Å². The van der Waals surface area contributed by atoms with Gasteiger partial charge in [0.2, 0.25) is 0 Å². The fraction of sp³-hybridized carbons (Fsp3) is 0.524. The quantitative estimate of drug-likeness (QED) is 0.477. The molecule has 0 aliphatic rings. The number of benzene rings is 1. The molecule has 28 heavy (non-hydrogen) atoms. The summed E-state index contributed by atoms with van der Waals surface area (Å²) in [5.74, 6) is 3.47. The zero-order chi connectivity index (χ0) is 20.4. The number of hydrogen-bond acceptors (Lipinski definition) is 5. The summed E-state index contributed by atoms with van der Waals surface area (Å²) in [6.07, 6.45) is 2.08. The number of aromatic nitrogens is 1. The van der Waals surface area contributed by atoms with Crippen molar-refractivity contribution in [1.29, 1.82) is 0 Å². The van der Waals surface area contributed by atoms with Crippen LogP contribution in [-0.4, -0.2) is 37.9 Å². The highest BCUT2D eigenvalue weighted by Crippen LogP contribution is 2.22. The van der Waals surface area contributed by atoms with Crippen molar-refractivity contribution in [2.75, 3.05) is 20.7 Å². The highest BCUT2D eigenvalue weighted by Gasteiger charge is 2.13. The summed E-state index contributed by atoms with van der Waals surface area (Å²) in [4.78, 5) is 4.24. The first-order valence-electron chi connectivity index (χ1n) is 9.80. The fourth-order valence-corrected chi connectivity index (χ4v) is 2.89. The van der Waals surface area contributed by atoms with Gasteiger partial charge in [0.25, 0.3) is 0 Å². The second-order valence-electron chi connectivity index (χ2n) is 6.65. The molecule has 0 amide bonds. The summed E-state index contributed by atoms with van der Waals surface area (Å²) in [6, 6.07) is 9.59. The van der Waals surface area contributed by atoms with E-state index in [-0.39, 0.29) is 6.10 Å². The number of nitrogens with one attached hydrogen (secondary N) is 2. The first kappa shape index (κ1) is 21.6. The van der Waals surface area contributed by atoms with Crippen LogP contribution in [0.1, 0.15) is 51.0 Å². The molecule has 2 rings (SSSR count). The highest BCUT2D eigenvalue weighted by molar-refractivity contribution is 5.79. The molecule has 0 aliphatic heterocycles. The molecule has 7 nitrogen and oxygen atoms in total. The number of ether oxygens (including phenoxy) is 2. The lowest BCUT2D eigenvalue weighted by Crippen LogP contribution is -2.41. The molecule has 1 aromatic carbocycles. The van der Waals surface area contributed by atoms with Crippen molar-refractivity contribution in [3.8, 4) is 11.5 Å². The smallest absolute Gasteiger partial charge is 0.191 e. The van der Waals surface area contributed by atoms with Gasteiger partial charge in [-0.05, 0) is 31.9 Å². The van der Waals surface area contributed by atoms with E-state index in [1.165, 1.54) is 0 Å². The van der Waals surface area contributed by atoms with Gasteiger partial charge in [0.15, 0.2) is 11.7 Å². The predicted octanol–water partition coefficient (Wildman–Crippen LogP) is 3.72. The van der Waals surface area contributed by atoms with E-state index < -0.39 is 0 Å². The monoisotopic (exact) mass is 388 g/mol. The van der Waals surface area contributed by atoms with Gasteiger partial charge in [-0.1, -0.05) is 25.1 Å². The summed E-state index contributed by atoms with van der Waals surface area (Å²) in [7, 11) is 3.38. The van der Waals surface area contributed by atoms with Gasteiger partial charge in [0, 0.05) is 25.1 Å². The minimum absolute atomic E-state index is 0.0441. The molecule has 154 valence electrons. The van der Waals surface area contributed by atoms with Crippen molar-refractivity contribution >= 4 is 5.96 Å². The maximum Gasteiger partial charge on any atom is 0.191 e. The molecule has 1 heterocycles. The molecule has 1 atom stereocenters. The number of methoxy groups -OCH3 is 1. The zero-order valence-electron chi connectivity index (χ0n) is 17.5. The number of guanidine groups is 1. The van der Waals surface area contributed by atoms with Crippen LogP contribution in [0.25, 0.3) is 0 Å². The van der Waals surface area contributed by atoms with Crippen LogP contribution in [0.2, 0.25) is 0 Å². The fourth-order valence-electron chi connectivity index (χ4n) is 2.89. The molecule has 2 N–H and O–H groups in total. The van der Waals surface area contributed by atoms with Gasteiger partial charge in [-0.25, -0.2) is 0 Å². The predicted molar refractivity (Wildman–Crippen MR) is 111 cm³/mol. The lowest BCUT2D eigenvalue weighted by Gasteiger charge is -2.17. The summed E-state index contributed by atoms with van der Waals surface area (Å²) in [5.41, 5.74) is 1.02. The van der Waals surface area contributed by atoms with Gasteiger partial charge in [-0.3, -0.25) is 4.99 Å². The van der Waals surface area contributed by atoms with E-state index in [0.717, 1.165) is 35.8 Å². The maximum atomic E-state index is 5.92. The molecule has 0 aliphatic carbocycles. The Labute approximate surface area is 167 Å². The normalized spacial score (nSPS) is 12.7. The topological polar surface area (TPSA) is 80.9 Å². The van der Waals surface area contributed by atoms with Crippen molar-refractivity contribution in [2.45, 2.75) is 52.2 Å². The van der Waals surface area contributed by atoms with Crippen LogP contribution >= 0.6 is 0 Å². The third-order valence-electron chi connectivity index (χ3n) is 4.57. The second-order valence-corrected chi connectivity index (χ2v) is 6.65. The molecular formula is C21H32N4O3. The van der Waals surface area contributed by atoms with E-state index in [1.54, 1.807) is 14.2 Å². The Morgan fingerprint density at radius 1 is 1.18 bits per heavy atom. The van der Waals surface area contributed by atoms with E-state index in [4.69, 9.17) is 14.0 Å². The third-order valence-corrected chi connectivity index (χ3v) is 4.57. The first-order chi connectivity index (χ1) is 13.6. The Morgan fingerprint density at radius 3 is 2.61 bits per heavy atom. The van der Waals surface area contributed by atoms with Crippen molar-refractivity contribution in [2.24, 2.45) is 4.99 Å². The summed E-state index contributed by atoms with van der Waals surface area (Å²) in [6.45, 7) is 7.46. The van der Waals surface area contributed by atoms with Gasteiger partial charge in [-0.15, -0.1) is 0 Å². The number of rotatable bonds is 10. The van der Waals surface area contributed by atoms with Crippen LogP contribution in [0.4, 0.5) is 0 Å². The van der Waals surface area contributed by atoms with Crippen LogP contribution in [-0.2, 0) is 6.54 Å². The van der Waals surface area contributed by atoms with Crippen LogP contribution in [0.5, 0.6) is 11.5 Å². The highest BCUT2D eigenvalue weighted by atomic mass is 16.5. The van der Waals surface area contributed by atoms with E-state index in [2.05, 4.69) is 34.6 Å². The van der Waals surface area contributed by atoms with E-state index in [9.17, 15) is 0 Å². The lowest BCUT2D eigenvalue weighted by molar-refractivity contribution is 0.223. The molecule has 0 saturated heterocycles. The molecule has 2 aromatic rings. The Morgan fingerprint density at radius 2 is 1.93 bits per heavy atom. The second kappa shape index (κ2) is 11.2. The van der Waals surface area contributed by atoms with Crippen molar-refractivity contribution < 1.29 is 14.0 Å². The largest absolute Gasteiger partial charge is 0.497 e. The summed E-state index contributed by atoms with van der Waals surface area (Å²) in [5, 5.41) is 10.7. The SMILES string of the molecule is CCC(CC)c1cc(CNC(=NC)NCC(C)Oc2cccc(OC)c2)on1. The molecule has 7 heteroatoms. The van der Waals surface area contributed by atoms with Crippen LogP contribution in [0.15, 0.2) is 39.8 Å². The lowest BCUT2D eigenvalue weighted by atomic mass is 9.99. The van der Waals surface area contributed by atoms with Crippen LogP contribution in [0.3, 0.4) is 0 Å². The Bertz CT molecular complexity index is 741. The minimum Gasteiger partial charge on any atom is -0.497 e. The molecule has 0 radical (unpaired) electrons. The van der Waals surface area contributed by atoms with Gasteiger partial charge in [0.05, 0.1) is 25.9 Å². The summed E-state index contributed by atoms with van der Waals surface area (Å²) < 4.78 is 16.6. The molecular weight excluding hydrogens is 356 g/mol. The van der Waals surface area contributed by atoms with Gasteiger partial charge in [-0.2, -0.15) is 0 Å². The van der Waals surface area contributed by atoms with Gasteiger partial charge < -0.3 is 24.6 Å². The molecule has 1 unspecified atom stereocenters. The minimum atomic E-state index is -0.0441. The van der Waals surface area contributed by atoms with Crippen molar-refractivity contribution in [3.63, 3.8) is 0 Å². The Hall–Kier alpha value is -2.70. The summed E-state index contributed by atoms with van der Waals surface area (Å²) >= 11 is 0. The zero-order valence-corrected chi connectivity index (χ0v) is 17.5. The standard InChI is InChI=1S/C21H32N4O3/c1-6-16(7-2)20-12-19(28-25-20)14-24-21(22-4)23-13-15(3)27-18-10-8-9-17(11-18)26-5/h8-12,15-16H,6-7,13-14H2,1-5H3,(H2,22,23,24). The molecule has 0 spiro atoms. The van der Waals surface area contributed by atoms with Gasteiger partial charge >= 0.3 is 0 Å². The Balaban J connectivity index is 1.79. The van der Waals surface area contributed by atoms with Crippen molar-refractivity contribution in [1.82, 2.24) is 15.8 Å². The molecule has 0 saturated carbocycles. The Kier molecular flexibility index (Phi) is 8.65. The number of hydrogen-bond donors (Lipinski definition) is 2. The van der Waals surface area contributed by atoms with E-state index in [0.29, 0.717) is 25.0 Å². The van der Waals surface area contributed by atoms with E-state index >= 15 is 0 Å². The maximum absolute atomic E-state index is 5.92. The number of aliphatic imine (C=N–C) groups is 1. The van der Waals surface area contributed by atoms with Crippen molar-refractivity contribution in [3.05, 3.63) is 41.8 Å². The average molecular weight is 389 g/mol. The van der Waals surface area contributed by atoms with Gasteiger partial charge in [0.1, 0.15) is 17.6 Å². The molecule has 0 bridgehead atoms. The van der Waals surface area contributed by atoms with Crippen LogP contribution < -0.4 is 20.1 Å². The van der Waals surface area contributed by atoms with E-state index in [1.807, 2.05) is 37.3 Å².